The van der Waals surface area contributed by atoms with Crippen LogP contribution in [0.2, 0.25) is 0 Å². The summed E-state index contributed by atoms with van der Waals surface area (Å²) in [6, 6.07) is 7.86. The lowest BCUT2D eigenvalue weighted by Gasteiger charge is -2.19. The molecule has 32 heavy (non-hydrogen) atoms. The van der Waals surface area contributed by atoms with Crippen molar-refractivity contribution in [3.05, 3.63) is 47.0 Å². The van der Waals surface area contributed by atoms with E-state index in [0.717, 1.165) is 24.1 Å². The van der Waals surface area contributed by atoms with Crippen LogP contribution in [0.4, 0.5) is 5.13 Å². The first-order chi connectivity index (χ1) is 15.1. The van der Waals surface area contributed by atoms with Gasteiger partial charge >= 0.3 is 0 Å². The van der Waals surface area contributed by atoms with Crippen molar-refractivity contribution in [1.82, 2.24) is 10.3 Å². The number of hydrogen-bond donors (Lipinski definition) is 4. The molecule has 7 nitrogen and oxygen atoms in total. The van der Waals surface area contributed by atoms with Gasteiger partial charge in [0, 0.05) is 11.1 Å². The van der Waals surface area contributed by atoms with Crippen molar-refractivity contribution in [2.24, 2.45) is 0 Å². The number of amides is 2. The molecule has 4 N–H and O–H groups in total. The van der Waals surface area contributed by atoms with E-state index in [1.54, 1.807) is 36.5 Å². The molecule has 0 aliphatic rings. The van der Waals surface area contributed by atoms with E-state index in [4.69, 9.17) is 0 Å². The van der Waals surface area contributed by atoms with E-state index in [9.17, 15) is 19.8 Å². The number of aliphatic hydroxyl groups is 2. The van der Waals surface area contributed by atoms with Crippen molar-refractivity contribution in [1.29, 1.82) is 0 Å². The van der Waals surface area contributed by atoms with Crippen molar-refractivity contribution in [2.75, 3.05) is 5.32 Å². The Morgan fingerprint density at radius 1 is 1.16 bits per heavy atom. The van der Waals surface area contributed by atoms with Gasteiger partial charge < -0.3 is 20.8 Å². The minimum absolute atomic E-state index is 0.271. The summed E-state index contributed by atoms with van der Waals surface area (Å²) in [6.45, 7) is 7.65. The van der Waals surface area contributed by atoms with E-state index in [1.165, 1.54) is 11.3 Å². The summed E-state index contributed by atoms with van der Waals surface area (Å²) in [4.78, 5) is 30.6. The molecule has 0 aliphatic carbocycles. The maximum absolute atomic E-state index is 12.8. The van der Waals surface area contributed by atoms with Crippen molar-refractivity contribution in [3.63, 3.8) is 0 Å². The number of benzene rings is 1. The Hall–Kier alpha value is -2.29. The van der Waals surface area contributed by atoms with E-state index < -0.39 is 23.7 Å². The molecule has 1 aromatic heterocycles. The first-order valence-electron chi connectivity index (χ1n) is 11.1. The predicted molar refractivity (Wildman–Crippen MR) is 128 cm³/mol. The fourth-order valence-electron chi connectivity index (χ4n) is 3.34. The van der Waals surface area contributed by atoms with Gasteiger partial charge in [0.1, 0.15) is 6.04 Å². The molecule has 1 aromatic carbocycles. The number of thiazole rings is 1. The summed E-state index contributed by atoms with van der Waals surface area (Å²) in [5.74, 6) is -0.686. The third-order valence-corrected chi connectivity index (χ3v) is 6.38. The minimum Gasteiger partial charge on any atom is -0.390 e. The normalized spacial score (nSPS) is 14.4. The summed E-state index contributed by atoms with van der Waals surface area (Å²) in [5.41, 5.74) is -0.192. The average Bonchev–Trinajstić information content (AvgIpc) is 3.21. The Labute approximate surface area is 194 Å². The van der Waals surface area contributed by atoms with Crippen LogP contribution in [-0.2, 0) is 9.59 Å². The lowest BCUT2D eigenvalue weighted by atomic mass is 9.96. The number of hydrogen-bond acceptors (Lipinski definition) is 6. The molecular formula is C24H35N3O4S. The van der Waals surface area contributed by atoms with Gasteiger partial charge in [-0.3, -0.25) is 9.59 Å². The number of nitrogens with zero attached hydrogens (tertiary/aromatic N) is 1. The monoisotopic (exact) mass is 461 g/mol. The van der Waals surface area contributed by atoms with Crippen LogP contribution in [0.3, 0.4) is 0 Å². The van der Waals surface area contributed by atoms with Gasteiger partial charge in [-0.1, -0.05) is 50.6 Å². The topological polar surface area (TPSA) is 112 Å². The molecule has 2 amide bonds. The predicted octanol–water partition coefficient (Wildman–Crippen LogP) is 4.14. The molecule has 0 saturated heterocycles. The number of rotatable bonds is 12. The SMILES string of the molecule is CCC[C@H](NC(=O)[C@@H](O)c1ccccc1)C(=O)Nc1ncc(C(C)CCCC(C)(C)O)s1. The number of anilines is 1. The zero-order chi connectivity index (χ0) is 23.7. The standard InChI is InChI=1S/C24H35N3O4S/c1-5-10-18(26-22(30)20(28)17-12-7-6-8-13-17)21(29)27-23-25-15-19(32-23)16(2)11-9-14-24(3,4)31/h6-8,12-13,15-16,18,20,28,31H,5,9-11,14H2,1-4H3,(H,26,30)(H,25,27,29)/t16?,18-,20-/m0/s1. The van der Waals surface area contributed by atoms with Crippen LogP contribution in [0.5, 0.6) is 0 Å². The molecule has 0 bridgehead atoms. The van der Waals surface area contributed by atoms with Crippen LogP contribution in [0.15, 0.2) is 36.5 Å². The molecule has 0 saturated carbocycles. The summed E-state index contributed by atoms with van der Waals surface area (Å²) < 4.78 is 0. The quantitative estimate of drug-likeness (QED) is 0.379. The highest BCUT2D eigenvalue weighted by atomic mass is 32.1. The van der Waals surface area contributed by atoms with Gasteiger partial charge in [0.05, 0.1) is 5.60 Å². The van der Waals surface area contributed by atoms with Crippen molar-refractivity contribution in [2.45, 2.75) is 83.5 Å². The average molecular weight is 462 g/mol. The molecule has 2 aromatic rings. The zero-order valence-corrected chi connectivity index (χ0v) is 20.1. The summed E-state index contributed by atoms with van der Waals surface area (Å²) in [7, 11) is 0. The molecular weight excluding hydrogens is 426 g/mol. The molecule has 1 heterocycles. The molecule has 0 aliphatic heterocycles. The Morgan fingerprint density at radius 3 is 2.47 bits per heavy atom. The second kappa shape index (κ2) is 12.1. The van der Waals surface area contributed by atoms with E-state index in [-0.39, 0.29) is 11.8 Å². The maximum atomic E-state index is 12.8. The Kier molecular flexibility index (Phi) is 9.81. The number of nitrogens with one attached hydrogen (secondary N) is 2. The minimum atomic E-state index is -1.33. The molecule has 0 fully saturated rings. The third kappa shape index (κ3) is 8.33. The molecule has 8 heteroatoms. The Bertz CT molecular complexity index is 864. The Balaban J connectivity index is 1.94. The largest absolute Gasteiger partial charge is 0.390 e. The molecule has 1 unspecified atom stereocenters. The van der Waals surface area contributed by atoms with Gasteiger partial charge in [0.2, 0.25) is 5.91 Å². The Morgan fingerprint density at radius 2 is 1.84 bits per heavy atom. The van der Waals surface area contributed by atoms with Crippen molar-refractivity contribution >= 4 is 28.3 Å². The summed E-state index contributed by atoms with van der Waals surface area (Å²) in [6.07, 6.45) is 4.13. The van der Waals surface area contributed by atoms with Gasteiger partial charge in [-0.2, -0.15) is 0 Å². The van der Waals surface area contributed by atoms with E-state index >= 15 is 0 Å². The number of carbonyl (C=O) groups is 2. The fraction of sp³-hybridized carbons (Fsp3) is 0.542. The molecule has 176 valence electrons. The van der Waals surface area contributed by atoms with Crippen LogP contribution >= 0.6 is 11.3 Å². The number of aromatic nitrogens is 1. The third-order valence-electron chi connectivity index (χ3n) is 5.24. The first kappa shape index (κ1) is 26.0. The van der Waals surface area contributed by atoms with Crippen molar-refractivity contribution in [3.8, 4) is 0 Å². The lowest BCUT2D eigenvalue weighted by molar-refractivity contribution is -0.133. The fourth-order valence-corrected chi connectivity index (χ4v) is 4.25. The van der Waals surface area contributed by atoms with E-state index in [1.807, 2.05) is 20.8 Å². The smallest absolute Gasteiger partial charge is 0.254 e. The van der Waals surface area contributed by atoms with E-state index in [2.05, 4.69) is 22.5 Å². The van der Waals surface area contributed by atoms with Gasteiger partial charge in [-0.05, 0) is 51.0 Å². The highest BCUT2D eigenvalue weighted by Gasteiger charge is 2.25. The lowest BCUT2D eigenvalue weighted by Crippen LogP contribution is -2.45. The second-order valence-electron chi connectivity index (χ2n) is 8.83. The van der Waals surface area contributed by atoms with Crippen LogP contribution in [0.25, 0.3) is 0 Å². The van der Waals surface area contributed by atoms with Gasteiger partial charge in [-0.15, -0.1) is 11.3 Å². The molecule has 0 spiro atoms. The van der Waals surface area contributed by atoms with Crippen LogP contribution in [0.1, 0.15) is 82.3 Å². The summed E-state index contributed by atoms with van der Waals surface area (Å²) in [5, 5.41) is 26.1. The molecule has 3 atom stereocenters. The van der Waals surface area contributed by atoms with Crippen LogP contribution in [0, 0.1) is 0 Å². The second-order valence-corrected chi connectivity index (χ2v) is 9.89. The first-order valence-corrected chi connectivity index (χ1v) is 11.9. The molecule has 0 radical (unpaired) electrons. The van der Waals surface area contributed by atoms with Crippen molar-refractivity contribution < 1.29 is 19.8 Å². The number of carbonyl (C=O) groups excluding carboxylic acids is 2. The molecule has 2 rings (SSSR count). The van der Waals surface area contributed by atoms with Gasteiger partial charge in [-0.25, -0.2) is 4.98 Å². The van der Waals surface area contributed by atoms with E-state index in [0.29, 0.717) is 23.5 Å². The van der Waals surface area contributed by atoms with Gasteiger partial charge in [0.25, 0.3) is 5.91 Å². The van der Waals surface area contributed by atoms with Crippen LogP contribution in [-0.4, -0.2) is 38.7 Å². The highest BCUT2D eigenvalue weighted by Crippen LogP contribution is 2.30. The van der Waals surface area contributed by atoms with Gasteiger partial charge in [0.15, 0.2) is 11.2 Å². The zero-order valence-electron chi connectivity index (χ0n) is 19.3. The van der Waals surface area contributed by atoms with Crippen LogP contribution < -0.4 is 10.6 Å². The summed E-state index contributed by atoms with van der Waals surface area (Å²) >= 11 is 1.42. The highest BCUT2D eigenvalue weighted by molar-refractivity contribution is 7.15. The number of aliphatic hydroxyl groups excluding tert-OH is 1. The maximum Gasteiger partial charge on any atom is 0.254 e.